The zero-order valence-corrected chi connectivity index (χ0v) is 20.6. The highest BCUT2D eigenvalue weighted by atomic mass is 32.2. The van der Waals surface area contributed by atoms with Crippen molar-refractivity contribution in [3.05, 3.63) is 0 Å². The average molecular weight is 501 g/mol. The molecule has 0 unspecified atom stereocenters. The largest absolute Gasteiger partial charge is 0.377 e. The third kappa shape index (κ3) is 27.1. The van der Waals surface area contributed by atoms with Gasteiger partial charge in [-0.25, -0.2) is 0 Å². The maximum Gasteiger partial charge on any atom is 0.246 e. The fraction of sp³-hybridized carbons (Fsp3) is 0.905. The van der Waals surface area contributed by atoms with Gasteiger partial charge in [-0.1, -0.05) is 0 Å². The lowest BCUT2D eigenvalue weighted by Crippen LogP contribution is -2.30. The van der Waals surface area contributed by atoms with Crippen molar-refractivity contribution in [3.63, 3.8) is 0 Å². The van der Waals surface area contributed by atoms with Crippen LogP contribution in [0.4, 0.5) is 4.39 Å². The zero-order valence-electron chi connectivity index (χ0n) is 19.8. The van der Waals surface area contributed by atoms with Crippen molar-refractivity contribution < 1.29 is 42.4 Å². The van der Waals surface area contributed by atoms with Crippen molar-refractivity contribution in [2.45, 2.75) is 13.3 Å². The number of alkyl halides is 1. The topological polar surface area (TPSA) is 114 Å². The van der Waals surface area contributed by atoms with Gasteiger partial charge >= 0.3 is 0 Å². The van der Waals surface area contributed by atoms with Gasteiger partial charge in [0, 0.05) is 19.7 Å². The molecule has 196 valence electrons. The molecule has 0 radical (unpaired) electrons. The third-order valence-corrected chi connectivity index (χ3v) is 4.76. The number of thioether (sulfide) groups is 1. The number of rotatable bonds is 26. The minimum Gasteiger partial charge on any atom is -0.377 e. The Labute approximate surface area is 200 Å². The van der Waals surface area contributed by atoms with E-state index in [2.05, 4.69) is 10.6 Å². The number of nitrogens with one attached hydrogen (secondary N) is 2. The lowest BCUT2D eigenvalue weighted by Gasteiger charge is -2.09. The molecule has 0 saturated carbocycles. The molecular formula is C21H41FN2O8S. The van der Waals surface area contributed by atoms with Crippen LogP contribution in [0, 0.1) is 0 Å². The molecule has 2 N–H and O–H groups in total. The zero-order chi connectivity index (χ0) is 24.2. The highest BCUT2D eigenvalue weighted by Crippen LogP contribution is 2.01. The molecule has 0 spiro atoms. The highest BCUT2D eigenvalue weighted by molar-refractivity contribution is 7.99. The first-order chi connectivity index (χ1) is 16.2. The minimum atomic E-state index is -0.345. The van der Waals surface area contributed by atoms with E-state index in [9.17, 15) is 14.0 Å². The Hall–Kier alpha value is -1.02. The molecule has 0 bridgehead atoms. The number of carbonyl (C=O) groups is 2. The number of carbonyl (C=O) groups excluding carboxylic acids is 2. The van der Waals surface area contributed by atoms with Crippen LogP contribution in [-0.2, 0) is 38.0 Å². The molecule has 12 heteroatoms. The average Bonchev–Trinajstić information content (AvgIpc) is 2.82. The molecule has 0 aliphatic heterocycles. The smallest absolute Gasteiger partial charge is 0.246 e. The van der Waals surface area contributed by atoms with E-state index >= 15 is 0 Å². The standard InChI is InChI=1S/C21H41FN2O8S/c1-2-27-18-20(25)23-5-7-28-9-11-30-13-15-32-16-14-31-12-10-29-8-6-24-21(26)19-33-17-3-4-22/h2-19H2,1H3,(H,23,25)(H,24,26). The van der Waals surface area contributed by atoms with Crippen LogP contribution in [0.15, 0.2) is 0 Å². The van der Waals surface area contributed by atoms with E-state index in [1.54, 1.807) is 0 Å². The number of ether oxygens (including phenoxy) is 6. The fourth-order valence-electron chi connectivity index (χ4n) is 2.13. The van der Waals surface area contributed by atoms with Gasteiger partial charge in [0.15, 0.2) is 0 Å². The van der Waals surface area contributed by atoms with E-state index < -0.39 is 0 Å². The summed E-state index contributed by atoms with van der Waals surface area (Å²) in [6.07, 6.45) is 0.482. The Kier molecular flexibility index (Phi) is 26.4. The molecule has 0 saturated heterocycles. The van der Waals surface area contributed by atoms with E-state index in [0.29, 0.717) is 104 Å². The van der Waals surface area contributed by atoms with E-state index in [1.165, 1.54) is 11.8 Å². The van der Waals surface area contributed by atoms with Gasteiger partial charge in [0.1, 0.15) is 6.61 Å². The van der Waals surface area contributed by atoms with Gasteiger partial charge in [0.05, 0.1) is 78.5 Å². The molecule has 0 aromatic rings. The first kappa shape index (κ1) is 32.0. The monoisotopic (exact) mass is 500 g/mol. The Bertz CT molecular complexity index is 452. The quantitative estimate of drug-likeness (QED) is 0.163. The van der Waals surface area contributed by atoms with Gasteiger partial charge in [-0.15, -0.1) is 0 Å². The van der Waals surface area contributed by atoms with Crippen LogP contribution < -0.4 is 10.6 Å². The molecule has 2 amide bonds. The van der Waals surface area contributed by atoms with Crippen LogP contribution in [0.25, 0.3) is 0 Å². The van der Waals surface area contributed by atoms with Crippen LogP contribution in [-0.4, -0.2) is 122 Å². The van der Waals surface area contributed by atoms with Gasteiger partial charge in [-0.2, -0.15) is 11.8 Å². The molecule has 0 aliphatic rings. The summed E-state index contributed by atoms with van der Waals surface area (Å²) in [5.74, 6) is 0.789. The number of amides is 2. The summed E-state index contributed by atoms with van der Waals surface area (Å²) in [6, 6.07) is 0. The lowest BCUT2D eigenvalue weighted by atomic mass is 10.6. The van der Waals surface area contributed by atoms with Gasteiger partial charge in [0.25, 0.3) is 0 Å². The molecule has 0 heterocycles. The van der Waals surface area contributed by atoms with E-state index in [-0.39, 0.29) is 25.1 Å². The van der Waals surface area contributed by atoms with Gasteiger partial charge in [-0.05, 0) is 19.1 Å². The summed E-state index contributed by atoms with van der Waals surface area (Å²) in [5, 5.41) is 5.43. The Morgan fingerprint density at radius 3 is 1.61 bits per heavy atom. The summed E-state index contributed by atoms with van der Waals surface area (Å²) in [7, 11) is 0. The summed E-state index contributed by atoms with van der Waals surface area (Å²) in [4.78, 5) is 22.7. The Balaban J connectivity index is 3.13. The number of hydrogen-bond donors (Lipinski definition) is 2. The Morgan fingerprint density at radius 1 is 0.697 bits per heavy atom. The van der Waals surface area contributed by atoms with Crippen molar-refractivity contribution in [1.82, 2.24) is 10.6 Å². The summed E-state index contributed by atoms with van der Waals surface area (Å²) >= 11 is 1.43. The van der Waals surface area contributed by atoms with Crippen molar-refractivity contribution >= 4 is 23.6 Å². The Morgan fingerprint density at radius 2 is 1.15 bits per heavy atom. The van der Waals surface area contributed by atoms with Crippen LogP contribution >= 0.6 is 11.8 Å². The van der Waals surface area contributed by atoms with Crippen LogP contribution in [0.3, 0.4) is 0 Å². The van der Waals surface area contributed by atoms with E-state index in [0.717, 1.165) is 0 Å². The van der Waals surface area contributed by atoms with Crippen molar-refractivity contribution in [3.8, 4) is 0 Å². The molecule has 0 atom stereocenters. The molecule has 0 aromatic carbocycles. The first-order valence-corrected chi connectivity index (χ1v) is 12.5. The van der Waals surface area contributed by atoms with Gasteiger partial charge < -0.3 is 39.1 Å². The molecule has 0 fully saturated rings. The number of hydrogen-bond acceptors (Lipinski definition) is 9. The SMILES string of the molecule is CCOCC(=O)NCCOCCOCCOCCOCCOCCNC(=O)CSCCCF. The molecule has 0 aliphatic carbocycles. The maximum absolute atomic E-state index is 11.9. The van der Waals surface area contributed by atoms with Crippen LogP contribution in [0.5, 0.6) is 0 Å². The second-order valence-corrected chi connectivity index (χ2v) is 7.60. The molecule has 0 aromatic heterocycles. The van der Waals surface area contributed by atoms with Gasteiger partial charge in [-0.3, -0.25) is 14.0 Å². The van der Waals surface area contributed by atoms with Crippen molar-refractivity contribution in [2.24, 2.45) is 0 Å². The summed E-state index contributed by atoms with van der Waals surface area (Å²) in [6.45, 7) is 7.51. The van der Waals surface area contributed by atoms with Crippen LogP contribution in [0.1, 0.15) is 13.3 Å². The maximum atomic E-state index is 11.9. The normalized spacial score (nSPS) is 11.0. The fourth-order valence-corrected chi connectivity index (χ4v) is 2.87. The predicted molar refractivity (Wildman–Crippen MR) is 125 cm³/mol. The summed E-state index contributed by atoms with van der Waals surface area (Å²) in [5.41, 5.74) is 0. The lowest BCUT2D eigenvalue weighted by molar-refractivity contribution is -0.125. The second kappa shape index (κ2) is 27.2. The molecule has 0 rings (SSSR count). The molecule has 10 nitrogen and oxygen atoms in total. The predicted octanol–water partition coefficient (Wildman–Crippen LogP) is 0.431. The molecule has 33 heavy (non-hydrogen) atoms. The number of halogens is 1. The van der Waals surface area contributed by atoms with Crippen molar-refractivity contribution in [1.29, 1.82) is 0 Å². The summed E-state index contributed by atoms with van der Waals surface area (Å²) < 4.78 is 43.8. The van der Waals surface area contributed by atoms with E-state index in [4.69, 9.17) is 28.4 Å². The van der Waals surface area contributed by atoms with Gasteiger partial charge in [0.2, 0.25) is 11.8 Å². The second-order valence-electron chi connectivity index (χ2n) is 6.49. The minimum absolute atomic E-state index is 0.0635. The van der Waals surface area contributed by atoms with Crippen molar-refractivity contribution in [2.75, 3.05) is 111 Å². The van der Waals surface area contributed by atoms with E-state index in [1.807, 2.05) is 6.92 Å². The first-order valence-electron chi connectivity index (χ1n) is 11.3. The van der Waals surface area contributed by atoms with Crippen LogP contribution in [0.2, 0.25) is 0 Å². The molecular weight excluding hydrogens is 459 g/mol. The highest BCUT2D eigenvalue weighted by Gasteiger charge is 2.01. The third-order valence-electron chi connectivity index (χ3n) is 3.72.